The van der Waals surface area contributed by atoms with Gasteiger partial charge in [0.2, 0.25) is 0 Å². The molecule has 0 atom stereocenters. The van der Waals surface area contributed by atoms with Crippen LogP contribution in [0.2, 0.25) is 0 Å². The molecule has 1 saturated carbocycles. The molecular weight excluding hydrogens is 198 g/mol. The van der Waals surface area contributed by atoms with Gasteiger partial charge in [-0.25, -0.2) is 5.84 Å². The van der Waals surface area contributed by atoms with Crippen LogP contribution in [0.15, 0.2) is 16.4 Å². The fourth-order valence-electron chi connectivity index (χ4n) is 1.18. The van der Waals surface area contributed by atoms with Gasteiger partial charge in [0.1, 0.15) is 10.6 Å². The smallest absolute Gasteiger partial charge is 0.156 e. The van der Waals surface area contributed by atoms with Crippen molar-refractivity contribution in [2.24, 2.45) is 10.8 Å². The van der Waals surface area contributed by atoms with Gasteiger partial charge in [-0.05, 0) is 24.3 Å². The molecule has 2 rings (SSSR count). The molecule has 4 nitrogen and oxygen atoms in total. The van der Waals surface area contributed by atoms with E-state index in [1.54, 1.807) is 18.4 Å². The molecule has 0 aromatic carbocycles. The van der Waals surface area contributed by atoms with E-state index in [1.807, 2.05) is 11.4 Å². The molecule has 1 aliphatic carbocycles. The molecule has 3 N–H and O–H groups in total. The summed E-state index contributed by atoms with van der Waals surface area (Å²) in [4.78, 5) is 5.44. The maximum absolute atomic E-state index is 5.43. The van der Waals surface area contributed by atoms with E-state index in [0.717, 1.165) is 16.5 Å². The number of ether oxygens (including phenoxy) is 1. The lowest BCUT2D eigenvalue weighted by Crippen LogP contribution is -2.31. The third-order valence-corrected chi connectivity index (χ3v) is 2.96. The third-order valence-electron chi connectivity index (χ3n) is 2.06. The highest BCUT2D eigenvalue weighted by molar-refractivity contribution is 7.12. The van der Waals surface area contributed by atoms with E-state index < -0.39 is 0 Å². The summed E-state index contributed by atoms with van der Waals surface area (Å²) in [6.07, 6.45) is 2.33. The fourth-order valence-corrected chi connectivity index (χ4v) is 2.00. The van der Waals surface area contributed by atoms with Crippen molar-refractivity contribution < 1.29 is 4.74 Å². The molecule has 1 fully saturated rings. The normalized spacial score (nSPS) is 16.9. The van der Waals surface area contributed by atoms with E-state index in [-0.39, 0.29) is 0 Å². The average Bonchev–Trinajstić information content (AvgIpc) is 2.90. The zero-order valence-electron chi connectivity index (χ0n) is 7.99. The van der Waals surface area contributed by atoms with Crippen LogP contribution in [0, 0.1) is 0 Å². The fraction of sp³-hybridized carbons (Fsp3) is 0.444. The summed E-state index contributed by atoms with van der Waals surface area (Å²) in [6, 6.07) is 2.37. The number of amidine groups is 1. The molecule has 0 unspecified atom stereocenters. The molecule has 1 aliphatic rings. The largest absolute Gasteiger partial charge is 0.495 e. The number of rotatable bonds is 3. The number of thiophene rings is 1. The van der Waals surface area contributed by atoms with Crippen LogP contribution in [0.25, 0.3) is 0 Å². The summed E-state index contributed by atoms with van der Waals surface area (Å²) < 4.78 is 5.20. The lowest BCUT2D eigenvalue weighted by molar-refractivity contribution is 0.416. The van der Waals surface area contributed by atoms with Crippen molar-refractivity contribution in [2.75, 3.05) is 7.11 Å². The van der Waals surface area contributed by atoms with E-state index >= 15 is 0 Å². The Labute approximate surface area is 86.8 Å². The predicted molar refractivity (Wildman–Crippen MR) is 57.8 cm³/mol. The van der Waals surface area contributed by atoms with Crippen molar-refractivity contribution in [3.8, 4) is 5.75 Å². The molecule has 0 aliphatic heterocycles. The number of nitrogens with two attached hydrogens (primary N) is 1. The van der Waals surface area contributed by atoms with Crippen LogP contribution in [0.1, 0.15) is 17.7 Å². The Balaban J connectivity index is 2.25. The van der Waals surface area contributed by atoms with Crippen molar-refractivity contribution in [1.29, 1.82) is 0 Å². The van der Waals surface area contributed by atoms with Crippen LogP contribution < -0.4 is 16.0 Å². The van der Waals surface area contributed by atoms with E-state index in [4.69, 9.17) is 10.6 Å². The Morgan fingerprint density at radius 2 is 2.50 bits per heavy atom. The highest BCUT2D eigenvalue weighted by Gasteiger charge is 2.22. The second-order valence-electron chi connectivity index (χ2n) is 3.17. The van der Waals surface area contributed by atoms with E-state index in [0.29, 0.717) is 6.04 Å². The third kappa shape index (κ3) is 1.88. The van der Waals surface area contributed by atoms with Gasteiger partial charge in [-0.2, -0.15) is 0 Å². The lowest BCUT2D eigenvalue weighted by atomic mass is 10.4. The number of methoxy groups -OCH3 is 1. The first-order valence-electron chi connectivity index (χ1n) is 4.51. The summed E-state index contributed by atoms with van der Waals surface area (Å²) in [5, 5.41) is 1.97. The summed E-state index contributed by atoms with van der Waals surface area (Å²) in [6.45, 7) is 0. The Bertz CT molecular complexity index is 344. The topological polar surface area (TPSA) is 59.6 Å². The van der Waals surface area contributed by atoms with Crippen molar-refractivity contribution in [3.05, 3.63) is 16.3 Å². The number of hydrogen-bond acceptors (Lipinski definition) is 4. The summed E-state index contributed by atoms with van der Waals surface area (Å²) in [5.74, 6) is 7.00. The Morgan fingerprint density at radius 3 is 3.07 bits per heavy atom. The Kier molecular flexibility index (Phi) is 2.69. The highest BCUT2D eigenvalue weighted by atomic mass is 32.1. The second-order valence-corrected chi connectivity index (χ2v) is 4.09. The molecule has 1 heterocycles. The molecule has 0 bridgehead atoms. The highest BCUT2D eigenvalue weighted by Crippen LogP contribution is 2.28. The first kappa shape index (κ1) is 9.48. The molecule has 0 amide bonds. The van der Waals surface area contributed by atoms with E-state index in [9.17, 15) is 0 Å². The van der Waals surface area contributed by atoms with Gasteiger partial charge in [0, 0.05) is 0 Å². The van der Waals surface area contributed by atoms with Crippen LogP contribution in [0.4, 0.5) is 0 Å². The summed E-state index contributed by atoms with van der Waals surface area (Å²) >= 11 is 1.58. The van der Waals surface area contributed by atoms with Gasteiger partial charge in [0.05, 0.1) is 13.2 Å². The number of hydrogen-bond donors (Lipinski definition) is 2. The van der Waals surface area contributed by atoms with Crippen LogP contribution in [-0.2, 0) is 0 Å². The SMILES string of the molecule is COc1ccsc1C(=NC1CC1)NN. The van der Waals surface area contributed by atoms with Crippen LogP contribution in [0.5, 0.6) is 5.75 Å². The van der Waals surface area contributed by atoms with Crippen molar-refractivity contribution in [3.63, 3.8) is 0 Å². The minimum Gasteiger partial charge on any atom is -0.495 e. The first-order valence-corrected chi connectivity index (χ1v) is 5.39. The standard InChI is InChI=1S/C9H13N3OS/c1-13-7-4-5-14-8(7)9(12-10)11-6-2-3-6/h4-6H,2-3,10H2,1H3,(H,11,12). The maximum Gasteiger partial charge on any atom is 0.156 e. The predicted octanol–water partition coefficient (Wildman–Crippen LogP) is 1.13. The van der Waals surface area contributed by atoms with Gasteiger partial charge in [0.25, 0.3) is 0 Å². The monoisotopic (exact) mass is 211 g/mol. The Hall–Kier alpha value is -1.07. The molecule has 5 heteroatoms. The maximum atomic E-state index is 5.43. The van der Waals surface area contributed by atoms with Crippen molar-refractivity contribution in [1.82, 2.24) is 5.43 Å². The summed E-state index contributed by atoms with van der Waals surface area (Å²) in [5.41, 5.74) is 2.63. The molecule has 1 aromatic rings. The lowest BCUT2D eigenvalue weighted by Gasteiger charge is -2.05. The molecule has 0 radical (unpaired) electrons. The summed E-state index contributed by atoms with van der Waals surface area (Å²) in [7, 11) is 1.65. The molecule has 0 saturated heterocycles. The average molecular weight is 211 g/mol. The molecule has 14 heavy (non-hydrogen) atoms. The van der Waals surface area contributed by atoms with Gasteiger partial charge < -0.3 is 10.2 Å². The van der Waals surface area contributed by atoms with Gasteiger partial charge >= 0.3 is 0 Å². The zero-order valence-corrected chi connectivity index (χ0v) is 8.80. The van der Waals surface area contributed by atoms with Crippen LogP contribution in [-0.4, -0.2) is 19.0 Å². The molecular formula is C9H13N3OS. The minimum atomic E-state index is 0.452. The van der Waals surface area contributed by atoms with Crippen molar-refractivity contribution >= 4 is 17.2 Å². The van der Waals surface area contributed by atoms with Gasteiger partial charge in [-0.1, -0.05) is 0 Å². The quantitative estimate of drug-likeness (QED) is 0.341. The van der Waals surface area contributed by atoms with Crippen molar-refractivity contribution in [2.45, 2.75) is 18.9 Å². The van der Waals surface area contributed by atoms with Gasteiger partial charge in [0.15, 0.2) is 5.84 Å². The molecule has 0 spiro atoms. The molecule has 1 aromatic heterocycles. The van der Waals surface area contributed by atoms with E-state index in [1.165, 1.54) is 12.8 Å². The number of nitrogens with one attached hydrogen (secondary N) is 1. The second kappa shape index (κ2) is 3.98. The van der Waals surface area contributed by atoms with Crippen LogP contribution in [0.3, 0.4) is 0 Å². The van der Waals surface area contributed by atoms with Gasteiger partial charge in [-0.15, -0.1) is 11.3 Å². The van der Waals surface area contributed by atoms with Gasteiger partial charge in [-0.3, -0.25) is 4.99 Å². The van der Waals surface area contributed by atoms with E-state index in [2.05, 4.69) is 10.4 Å². The molecule has 76 valence electrons. The first-order chi connectivity index (χ1) is 6.85. The number of aliphatic imine (C=N–C) groups is 1. The minimum absolute atomic E-state index is 0.452. The zero-order chi connectivity index (χ0) is 9.97. The number of hydrazine groups is 1. The number of nitrogens with zero attached hydrogens (tertiary/aromatic N) is 1. The van der Waals surface area contributed by atoms with Crippen LogP contribution >= 0.6 is 11.3 Å². The Morgan fingerprint density at radius 1 is 1.71 bits per heavy atom.